The van der Waals surface area contributed by atoms with E-state index in [1.54, 1.807) is 12.1 Å². The first-order valence-electron chi connectivity index (χ1n) is 9.82. The summed E-state index contributed by atoms with van der Waals surface area (Å²) in [5.74, 6) is -1.45. The number of amides is 1. The smallest absolute Gasteiger partial charge is 0.326 e. The van der Waals surface area contributed by atoms with Gasteiger partial charge in [0.25, 0.3) is 0 Å². The number of anilines is 1. The fraction of sp³-hybridized carbons (Fsp3) is 0.364. The number of aromatic hydroxyl groups is 1. The van der Waals surface area contributed by atoms with E-state index in [0.29, 0.717) is 32.4 Å². The number of nitrogens with one attached hydrogen (secondary N) is 1. The molecular weight excluding hydrogens is 370 g/mol. The van der Waals surface area contributed by atoms with Crippen LogP contribution in [0.5, 0.6) is 5.75 Å². The van der Waals surface area contributed by atoms with Crippen LogP contribution in [-0.2, 0) is 22.6 Å². The van der Waals surface area contributed by atoms with Crippen LogP contribution in [0.1, 0.15) is 24.0 Å². The molecule has 0 aliphatic carbocycles. The number of phenols is 1. The van der Waals surface area contributed by atoms with Crippen molar-refractivity contribution in [1.82, 2.24) is 4.90 Å². The molecule has 0 spiro atoms. The lowest BCUT2D eigenvalue weighted by atomic mass is 9.92. The Bertz CT molecular complexity index is 853. The lowest BCUT2D eigenvalue weighted by Gasteiger charge is -2.34. The highest BCUT2D eigenvalue weighted by Gasteiger charge is 2.35. The van der Waals surface area contributed by atoms with Gasteiger partial charge in [-0.15, -0.1) is 0 Å². The SMILES string of the molecule is NCCC[C@@H](C(=O)O)N(Cc1ccc(O)cc1)C(=O)C1CNc2ccccc2C1. The molecule has 0 saturated carbocycles. The zero-order valence-corrected chi connectivity index (χ0v) is 16.3. The van der Waals surface area contributed by atoms with Gasteiger partial charge in [0, 0.05) is 18.8 Å². The van der Waals surface area contributed by atoms with E-state index in [-0.39, 0.29) is 24.1 Å². The summed E-state index contributed by atoms with van der Waals surface area (Å²) in [6.45, 7) is 0.993. The minimum atomic E-state index is -1.03. The standard InChI is InChI=1S/C22H27N3O4/c23-11-3-6-20(22(28)29)25(14-15-7-9-18(26)10-8-15)21(27)17-12-16-4-1-2-5-19(16)24-13-17/h1-2,4-5,7-10,17,20,24,26H,3,6,11-14,23H2,(H,28,29)/t17?,20-/m0/s1. The van der Waals surface area contributed by atoms with Gasteiger partial charge in [0.15, 0.2) is 0 Å². The molecule has 2 atom stereocenters. The molecule has 1 unspecified atom stereocenters. The molecular formula is C22H27N3O4. The number of rotatable bonds is 8. The van der Waals surface area contributed by atoms with Crippen molar-refractivity contribution in [1.29, 1.82) is 0 Å². The zero-order chi connectivity index (χ0) is 20.8. The maximum Gasteiger partial charge on any atom is 0.326 e. The Balaban J connectivity index is 1.85. The van der Waals surface area contributed by atoms with Crippen molar-refractivity contribution in [2.45, 2.75) is 31.8 Å². The maximum atomic E-state index is 13.4. The minimum absolute atomic E-state index is 0.123. The van der Waals surface area contributed by atoms with Gasteiger partial charge >= 0.3 is 5.97 Å². The van der Waals surface area contributed by atoms with Crippen LogP contribution >= 0.6 is 0 Å². The molecule has 154 valence electrons. The molecule has 29 heavy (non-hydrogen) atoms. The van der Waals surface area contributed by atoms with E-state index < -0.39 is 12.0 Å². The molecule has 3 rings (SSSR count). The number of nitrogens with zero attached hydrogens (tertiary/aromatic N) is 1. The number of hydrogen-bond acceptors (Lipinski definition) is 5. The lowest BCUT2D eigenvalue weighted by Crippen LogP contribution is -2.49. The summed E-state index contributed by atoms with van der Waals surface area (Å²) in [6.07, 6.45) is 1.38. The van der Waals surface area contributed by atoms with Crippen LogP contribution in [-0.4, -0.2) is 46.1 Å². The number of phenolic OH excluding ortho intramolecular Hbond substituents is 1. The number of para-hydroxylation sites is 1. The number of benzene rings is 2. The largest absolute Gasteiger partial charge is 0.508 e. The molecule has 2 aromatic rings. The molecule has 1 amide bonds. The predicted octanol–water partition coefficient (Wildman–Crippen LogP) is 2.20. The van der Waals surface area contributed by atoms with Crippen LogP contribution in [0.3, 0.4) is 0 Å². The van der Waals surface area contributed by atoms with Crippen molar-refractivity contribution >= 4 is 17.6 Å². The number of carboxylic acid groups (broad SMARTS) is 1. The lowest BCUT2D eigenvalue weighted by molar-refractivity contribution is -0.153. The maximum absolute atomic E-state index is 13.4. The van der Waals surface area contributed by atoms with Crippen molar-refractivity contribution in [2.24, 2.45) is 11.7 Å². The summed E-state index contributed by atoms with van der Waals surface area (Å²) >= 11 is 0. The van der Waals surface area contributed by atoms with E-state index in [2.05, 4.69) is 5.32 Å². The van der Waals surface area contributed by atoms with Gasteiger partial charge in [-0.3, -0.25) is 4.79 Å². The molecule has 2 aromatic carbocycles. The highest BCUT2D eigenvalue weighted by Crippen LogP contribution is 2.27. The van der Waals surface area contributed by atoms with Gasteiger partial charge in [0.1, 0.15) is 11.8 Å². The molecule has 0 radical (unpaired) electrons. The van der Waals surface area contributed by atoms with E-state index in [1.807, 2.05) is 24.3 Å². The average Bonchev–Trinajstić information content (AvgIpc) is 2.73. The molecule has 5 N–H and O–H groups in total. The van der Waals surface area contributed by atoms with Gasteiger partial charge in [0.2, 0.25) is 5.91 Å². The van der Waals surface area contributed by atoms with Crippen molar-refractivity contribution in [2.75, 3.05) is 18.4 Å². The van der Waals surface area contributed by atoms with Crippen LogP contribution in [0.25, 0.3) is 0 Å². The fourth-order valence-electron chi connectivity index (χ4n) is 3.71. The molecule has 7 nitrogen and oxygen atoms in total. The third-order valence-corrected chi connectivity index (χ3v) is 5.29. The van der Waals surface area contributed by atoms with Crippen LogP contribution in [0, 0.1) is 5.92 Å². The number of nitrogens with two attached hydrogens (primary N) is 1. The van der Waals surface area contributed by atoms with Crippen LogP contribution in [0.4, 0.5) is 5.69 Å². The number of fused-ring (bicyclic) bond motifs is 1. The summed E-state index contributed by atoms with van der Waals surface area (Å²) in [5, 5.41) is 22.6. The van der Waals surface area contributed by atoms with Crippen LogP contribution in [0.15, 0.2) is 48.5 Å². The van der Waals surface area contributed by atoms with E-state index >= 15 is 0 Å². The second-order valence-electron chi connectivity index (χ2n) is 7.36. The first kappa shape index (κ1) is 20.7. The summed E-state index contributed by atoms with van der Waals surface area (Å²) in [6, 6.07) is 13.4. The van der Waals surface area contributed by atoms with E-state index in [4.69, 9.17) is 5.73 Å². The molecule has 7 heteroatoms. The third kappa shape index (κ3) is 5.06. The van der Waals surface area contributed by atoms with Gasteiger partial charge < -0.3 is 26.2 Å². The highest BCUT2D eigenvalue weighted by atomic mass is 16.4. The van der Waals surface area contributed by atoms with Gasteiger partial charge in [-0.05, 0) is 55.1 Å². The second-order valence-corrected chi connectivity index (χ2v) is 7.36. The molecule has 0 aromatic heterocycles. The third-order valence-electron chi connectivity index (χ3n) is 5.29. The van der Waals surface area contributed by atoms with Crippen molar-refractivity contribution in [3.8, 4) is 5.75 Å². The Hall–Kier alpha value is -3.06. The Morgan fingerprint density at radius 2 is 1.90 bits per heavy atom. The number of carboxylic acids is 1. The van der Waals surface area contributed by atoms with Gasteiger partial charge in [-0.25, -0.2) is 4.79 Å². The van der Waals surface area contributed by atoms with Crippen molar-refractivity contribution in [3.63, 3.8) is 0 Å². The minimum Gasteiger partial charge on any atom is -0.508 e. The first-order chi connectivity index (χ1) is 14.0. The average molecular weight is 397 g/mol. The van der Waals surface area contributed by atoms with E-state index in [9.17, 15) is 19.8 Å². The Labute approximate surface area is 170 Å². The fourth-order valence-corrected chi connectivity index (χ4v) is 3.71. The summed E-state index contributed by atoms with van der Waals surface area (Å²) in [7, 11) is 0. The van der Waals surface area contributed by atoms with E-state index in [0.717, 1.165) is 16.8 Å². The molecule has 1 heterocycles. The first-order valence-corrected chi connectivity index (χ1v) is 9.82. The van der Waals surface area contributed by atoms with Crippen molar-refractivity contribution < 1.29 is 19.8 Å². The second kappa shape index (κ2) is 9.43. The summed E-state index contributed by atoms with van der Waals surface area (Å²) in [4.78, 5) is 26.9. The summed E-state index contributed by atoms with van der Waals surface area (Å²) in [5.41, 5.74) is 8.41. The number of aliphatic carboxylic acids is 1. The molecule has 0 bridgehead atoms. The molecule has 1 aliphatic heterocycles. The molecule has 1 aliphatic rings. The van der Waals surface area contributed by atoms with Gasteiger partial charge in [-0.2, -0.15) is 0 Å². The number of carbonyl (C=O) groups excluding carboxylic acids is 1. The van der Waals surface area contributed by atoms with E-state index in [1.165, 1.54) is 17.0 Å². The quantitative estimate of drug-likeness (QED) is 0.543. The topological polar surface area (TPSA) is 116 Å². The number of hydrogen-bond donors (Lipinski definition) is 4. The number of carbonyl (C=O) groups is 2. The Morgan fingerprint density at radius 3 is 2.59 bits per heavy atom. The monoisotopic (exact) mass is 397 g/mol. The van der Waals surface area contributed by atoms with Crippen molar-refractivity contribution in [3.05, 3.63) is 59.7 Å². The normalized spacial score (nSPS) is 16.4. The predicted molar refractivity (Wildman–Crippen MR) is 110 cm³/mol. The molecule has 0 fully saturated rings. The molecule has 0 saturated heterocycles. The van der Waals surface area contributed by atoms with Crippen LogP contribution < -0.4 is 11.1 Å². The zero-order valence-electron chi connectivity index (χ0n) is 16.3. The Kier molecular flexibility index (Phi) is 6.72. The summed E-state index contributed by atoms with van der Waals surface area (Å²) < 4.78 is 0. The van der Waals surface area contributed by atoms with Gasteiger partial charge in [-0.1, -0.05) is 30.3 Å². The van der Waals surface area contributed by atoms with Gasteiger partial charge in [0.05, 0.1) is 5.92 Å². The highest BCUT2D eigenvalue weighted by molar-refractivity contribution is 5.86. The Morgan fingerprint density at radius 1 is 1.17 bits per heavy atom. The van der Waals surface area contributed by atoms with Crippen LogP contribution in [0.2, 0.25) is 0 Å².